The van der Waals surface area contributed by atoms with Crippen molar-refractivity contribution >= 4 is 60.1 Å². The predicted octanol–water partition coefficient (Wildman–Crippen LogP) is 6.59. The van der Waals surface area contributed by atoms with E-state index in [1.165, 1.54) is 0 Å². The number of hydrogen-bond acceptors (Lipinski definition) is 7. The Balaban J connectivity index is 1.76. The molecule has 44 heavy (non-hydrogen) atoms. The first-order chi connectivity index (χ1) is 20.4. The lowest BCUT2D eigenvalue weighted by molar-refractivity contribution is 0.0980. The number of rotatable bonds is 6. The summed E-state index contributed by atoms with van der Waals surface area (Å²) in [5.41, 5.74) is 5.21. The van der Waals surface area contributed by atoms with Gasteiger partial charge in [-0.25, -0.2) is 4.21 Å². The van der Waals surface area contributed by atoms with Gasteiger partial charge in [0.2, 0.25) is 0 Å². The van der Waals surface area contributed by atoms with Crippen molar-refractivity contribution in [1.29, 1.82) is 0 Å². The van der Waals surface area contributed by atoms with E-state index in [9.17, 15) is 31.3 Å². The third-order valence-corrected chi connectivity index (χ3v) is 10.4. The van der Waals surface area contributed by atoms with Crippen LogP contribution in [0.15, 0.2) is 58.3 Å². The summed E-state index contributed by atoms with van der Waals surface area (Å²) in [5, 5.41) is 6.45. The second-order valence-corrected chi connectivity index (χ2v) is 14.2. The van der Waals surface area contributed by atoms with Gasteiger partial charge in [-0.2, -0.15) is 8.42 Å². The van der Waals surface area contributed by atoms with E-state index in [1.54, 1.807) is 83.1 Å². The lowest BCUT2D eigenvalue weighted by atomic mass is 9.82. The Morgan fingerprint density at radius 2 is 1.00 bits per heavy atom. The van der Waals surface area contributed by atoms with Crippen LogP contribution in [0.1, 0.15) is 65.2 Å². The van der Waals surface area contributed by atoms with Crippen molar-refractivity contribution in [2.45, 2.75) is 51.3 Å². The smallest absolute Gasteiger partial charge is 0.295 e. The molecule has 4 N–H and O–H groups in total. The number of aryl methyl sites for hydroxylation is 4. The summed E-state index contributed by atoms with van der Waals surface area (Å²) in [6.45, 7) is 10.2. The van der Waals surface area contributed by atoms with Crippen LogP contribution in [0.3, 0.4) is 0 Å². The van der Waals surface area contributed by atoms with Crippen molar-refractivity contribution in [2.75, 3.05) is 10.6 Å². The summed E-state index contributed by atoms with van der Waals surface area (Å²) >= 11 is 0. The van der Waals surface area contributed by atoms with Gasteiger partial charge in [-0.05, 0) is 92.9 Å². The number of carbonyl (C=O) groups excluding carboxylic acids is 2. The van der Waals surface area contributed by atoms with Crippen LogP contribution in [0.5, 0.6) is 0 Å². The molecule has 1 unspecified atom stereocenters. The van der Waals surface area contributed by atoms with E-state index < -0.39 is 31.5 Å². The minimum atomic E-state index is -4.55. The molecule has 0 aliphatic heterocycles. The molecule has 1 aliphatic carbocycles. The molecule has 1 aliphatic rings. The molecule has 228 valence electrons. The molecule has 4 aromatic carbocycles. The average molecular weight is 633 g/mol. The minimum Gasteiger partial charge on any atom is -0.354 e. The molecule has 0 aromatic heterocycles. The first-order valence-corrected chi connectivity index (χ1v) is 16.7. The van der Waals surface area contributed by atoms with Gasteiger partial charge in [-0.3, -0.25) is 14.1 Å². The Kier molecular flexibility index (Phi) is 7.58. The lowest BCUT2D eigenvalue weighted by Crippen LogP contribution is -2.24. The van der Waals surface area contributed by atoms with E-state index in [2.05, 4.69) is 16.5 Å². The maximum Gasteiger partial charge on any atom is 0.295 e. The average Bonchev–Trinajstić information content (AvgIpc) is 2.90. The first kappa shape index (κ1) is 31.1. The number of benzene rings is 4. The molecule has 9 nitrogen and oxygen atoms in total. The van der Waals surface area contributed by atoms with Crippen molar-refractivity contribution in [3.63, 3.8) is 0 Å². The number of carbonyl (C=O) groups is 2. The van der Waals surface area contributed by atoms with Crippen molar-refractivity contribution in [2.24, 2.45) is 0 Å². The lowest BCUT2D eigenvalue weighted by Gasteiger charge is -2.26. The van der Waals surface area contributed by atoms with Crippen LogP contribution in [-0.4, -0.2) is 39.2 Å². The van der Waals surface area contributed by atoms with Gasteiger partial charge in [-0.15, -0.1) is 0 Å². The summed E-state index contributed by atoms with van der Waals surface area (Å²) in [6, 6.07) is 13.1. The van der Waals surface area contributed by atoms with E-state index in [0.717, 1.165) is 5.56 Å². The van der Waals surface area contributed by atoms with Crippen molar-refractivity contribution in [1.82, 2.24) is 0 Å². The molecule has 4 aromatic rings. The van der Waals surface area contributed by atoms with Gasteiger partial charge in [0, 0.05) is 22.5 Å². The third-order valence-electron chi connectivity index (χ3n) is 7.97. The molecule has 0 saturated heterocycles. The van der Waals surface area contributed by atoms with E-state index in [0.29, 0.717) is 39.3 Å². The van der Waals surface area contributed by atoms with Gasteiger partial charge in [0.15, 0.2) is 11.6 Å². The molecule has 0 amide bonds. The Morgan fingerprint density at radius 3 is 1.39 bits per heavy atom. The van der Waals surface area contributed by atoms with E-state index in [4.69, 9.17) is 0 Å². The quantitative estimate of drug-likeness (QED) is 0.120. The molecule has 0 heterocycles. The fourth-order valence-corrected chi connectivity index (χ4v) is 8.41. The monoisotopic (exact) mass is 632 g/mol. The topological polar surface area (TPSA) is 150 Å². The van der Waals surface area contributed by atoms with Gasteiger partial charge in [0.05, 0.1) is 27.4 Å². The van der Waals surface area contributed by atoms with Gasteiger partial charge in [0.25, 0.3) is 10.1 Å². The maximum atomic E-state index is 14.1. The number of anilines is 4. The zero-order valence-electron chi connectivity index (χ0n) is 25.1. The SMILES string of the molecule is C=S(=O)(O)c1c(C)cc(C)c(Nc2ccc(Nc3c(C)cc(C)c(S(=O)(=O)O)c3C)c3c2C(=O)c2ccccc2C3=O)c1C. The number of ketones is 2. The fourth-order valence-electron chi connectivity index (χ4n) is 6.31. The Hall–Kier alpha value is -4.29. The van der Waals surface area contributed by atoms with Crippen LogP contribution >= 0.6 is 0 Å². The summed E-state index contributed by atoms with van der Waals surface area (Å²) in [7, 11) is -8.12. The van der Waals surface area contributed by atoms with Crippen LogP contribution in [0.2, 0.25) is 0 Å². The van der Waals surface area contributed by atoms with Crippen LogP contribution in [0.4, 0.5) is 22.7 Å². The number of hydrogen-bond donors (Lipinski definition) is 4. The molecule has 5 rings (SSSR count). The predicted molar refractivity (Wildman–Crippen MR) is 174 cm³/mol. The highest BCUT2D eigenvalue weighted by Gasteiger charge is 2.35. The van der Waals surface area contributed by atoms with E-state index in [1.807, 2.05) is 6.92 Å². The van der Waals surface area contributed by atoms with Crippen LogP contribution in [0.25, 0.3) is 0 Å². The Bertz CT molecular complexity index is 2010. The van der Waals surface area contributed by atoms with Gasteiger partial charge in [0.1, 0.15) is 14.7 Å². The van der Waals surface area contributed by atoms with Crippen LogP contribution in [0, 0.1) is 41.5 Å². The summed E-state index contributed by atoms with van der Waals surface area (Å²) in [4.78, 5) is 28.1. The third kappa shape index (κ3) is 5.11. The molecule has 0 bridgehead atoms. The summed E-state index contributed by atoms with van der Waals surface area (Å²) in [6.07, 6.45) is 0. The van der Waals surface area contributed by atoms with Gasteiger partial charge in [-0.1, -0.05) is 36.4 Å². The molecule has 0 radical (unpaired) electrons. The van der Waals surface area contributed by atoms with E-state index in [-0.39, 0.29) is 43.3 Å². The van der Waals surface area contributed by atoms with Crippen molar-refractivity contribution < 1.29 is 31.3 Å². The summed E-state index contributed by atoms with van der Waals surface area (Å²) in [5.74, 6) is 2.64. The zero-order chi connectivity index (χ0) is 32.5. The first-order valence-electron chi connectivity index (χ1n) is 13.6. The molecular weight excluding hydrogens is 601 g/mol. The normalized spacial score (nSPS) is 14.1. The standard InChI is InChI=1S/C33H32N2O7S2/c1-16-14-18(3)32(43(7,38)39)20(5)28(16)34-24-12-13-25(27-26(24)30(36)22-10-8-9-11-23(22)31(27)37)35-29-17(2)15-19(4)33(21(29)6)44(40,41)42/h8-15,34-35H,7H2,1-6H3,(H,38,39)(H,40,41,42). The van der Waals surface area contributed by atoms with Crippen LogP contribution < -0.4 is 10.6 Å². The molecule has 11 heteroatoms. The zero-order valence-corrected chi connectivity index (χ0v) is 26.7. The minimum absolute atomic E-state index is 0.0808. The Labute approximate surface area is 256 Å². The maximum absolute atomic E-state index is 14.1. The molecule has 0 saturated carbocycles. The van der Waals surface area contributed by atoms with Gasteiger partial charge < -0.3 is 15.2 Å². The number of fused-ring (bicyclic) bond motifs is 2. The van der Waals surface area contributed by atoms with E-state index >= 15 is 0 Å². The Morgan fingerprint density at radius 1 is 0.614 bits per heavy atom. The highest BCUT2D eigenvalue weighted by Crippen LogP contribution is 2.42. The second-order valence-electron chi connectivity index (χ2n) is 11.2. The van der Waals surface area contributed by atoms with Crippen molar-refractivity contribution in [3.8, 4) is 0 Å². The highest BCUT2D eigenvalue weighted by atomic mass is 32.2. The molecular formula is C33H32N2O7S2. The number of nitrogens with one attached hydrogen (secondary N) is 2. The second kappa shape index (κ2) is 10.7. The molecule has 0 fully saturated rings. The highest BCUT2D eigenvalue weighted by molar-refractivity contribution is 7.95. The molecule has 0 spiro atoms. The van der Waals surface area contributed by atoms with Crippen molar-refractivity contribution in [3.05, 3.63) is 104 Å². The summed E-state index contributed by atoms with van der Waals surface area (Å²) < 4.78 is 57.4. The van der Waals surface area contributed by atoms with Gasteiger partial charge >= 0.3 is 0 Å². The largest absolute Gasteiger partial charge is 0.354 e. The fraction of sp³-hybridized carbons (Fsp3) is 0.182. The van der Waals surface area contributed by atoms with Crippen LogP contribution in [-0.2, 0) is 19.9 Å². The molecule has 1 atom stereocenters.